The average Bonchev–Trinajstić information content (AvgIpc) is 2.45. The number of likely N-dealkylation sites (N-methyl/N-ethyl adjacent to an activating group) is 2. The number of nitrogens with one attached hydrogen (secondary N) is 1. The number of likely N-dealkylation sites (tertiary alicyclic amines) is 1. The zero-order valence-corrected chi connectivity index (χ0v) is 13.3. The fourth-order valence-electron chi connectivity index (χ4n) is 2.86. The van der Waals surface area contributed by atoms with Crippen LogP contribution in [0.3, 0.4) is 0 Å². The Bertz CT molecular complexity index is 432. The lowest BCUT2D eigenvalue weighted by Crippen LogP contribution is -2.45. The van der Waals surface area contributed by atoms with Crippen molar-refractivity contribution in [1.29, 1.82) is 0 Å². The van der Waals surface area contributed by atoms with Crippen LogP contribution < -0.4 is 10.2 Å². The third-order valence-corrected chi connectivity index (χ3v) is 4.25. The van der Waals surface area contributed by atoms with Gasteiger partial charge in [-0.05, 0) is 51.5 Å². The topological polar surface area (TPSA) is 31.4 Å². The Balaban J connectivity index is 2.06. The van der Waals surface area contributed by atoms with Gasteiger partial charge in [0.2, 0.25) is 0 Å². The number of anilines is 1. The van der Waals surface area contributed by atoms with E-state index in [4.69, 9.17) is 4.98 Å². The minimum Gasteiger partial charge on any atom is -0.355 e. The molecule has 1 unspecified atom stereocenters. The van der Waals surface area contributed by atoms with Crippen molar-refractivity contribution in [2.24, 2.45) is 0 Å². The maximum atomic E-state index is 4.79. The number of nitrogens with zero attached hydrogens (tertiary/aromatic N) is 3. The molecule has 2 rings (SSSR count). The number of aromatic nitrogens is 1. The summed E-state index contributed by atoms with van der Waals surface area (Å²) in [4.78, 5) is 9.55. The van der Waals surface area contributed by atoms with Crippen LogP contribution in [0.5, 0.6) is 0 Å². The van der Waals surface area contributed by atoms with Crippen molar-refractivity contribution in [2.75, 3.05) is 38.6 Å². The van der Waals surface area contributed by atoms with Gasteiger partial charge in [0.1, 0.15) is 5.82 Å². The molecule has 1 aromatic rings. The van der Waals surface area contributed by atoms with Gasteiger partial charge in [-0.15, -0.1) is 0 Å². The molecule has 1 fully saturated rings. The van der Waals surface area contributed by atoms with Gasteiger partial charge < -0.3 is 15.1 Å². The highest BCUT2D eigenvalue weighted by Gasteiger charge is 2.22. The molecule has 1 N–H and O–H groups in total. The number of piperidine rings is 1. The molecule has 1 aliphatic rings. The second-order valence-corrected chi connectivity index (χ2v) is 5.86. The third-order valence-electron chi connectivity index (χ3n) is 4.25. The molecule has 1 saturated heterocycles. The Hall–Kier alpha value is -1.13. The van der Waals surface area contributed by atoms with Crippen LogP contribution in [0.2, 0.25) is 0 Å². The van der Waals surface area contributed by atoms with Crippen molar-refractivity contribution >= 4 is 5.82 Å². The van der Waals surface area contributed by atoms with Crippen molar-refractivity contribution in [2.45, 2.75) is 39.3 Å². The first-order valence-corrected chi connectivity index (χ1v) is 7.70. The van der Waals surface area contributed by atoms with Gasteiger partial charge in [-0.3, -0.25) is 0 Å². The normalized spacial score (nSPS) is 20.1. The van der Waals surface area contributed by atoms with Crippen molar-refractivity contribution < 1.29 is 0 Å². The minimum absolute atomic E-state index is 0.584. The van der Waals surface area contributed by atoms with Gasteiger partial charge in [0.05, 0.1) is 0 Å². The van der Waals surface area contributed by atoms with Crippen LogP contribution in [0, 0.1) is 6.92 Å². The van der Waals surface area contributed by atoms with Crippen LogP contribution in [0.4, 0.5) is 5.82 Å². The van der Waals surface area contributed by atoms with E-state index >= 15 is 0 Å². The molecule has 0 aliphatic carbocycles. The van der Waals surface area contributed by atoms with E-state index in [0.717, 1.165) is 31.1 Å². The summed E-state index contributed by atoms with van der Waals surface area (Å²) in [5.74, 6) is 1.10. The maximum absolute atomic E-state index is 4.79. The number of pyridine rings is 1. The molecule has 2 heterocycles. The molecule has 0 radical (unpaired) electrons. The fraction of sp³-hybridized carbons (Fsp3) is 0.688. The molecule has 1 aliphatic heterocycles. The number of hydrogen-bond acceptors (Lipinski definition) is 4. The van der Waals surface area contributed by atoms with Crippen LogP contribution in [-0.2, 0) is 6.54 Å². The zero-order chi connectivity index (χ0) is 14.5. The SMILES string of the molecule is CCNCc1ccc(N(C)C2CCCN(C)C2)nc1C. The van der Waals surface area contributed by atoms with E-state index in [9.17, 15) is 0 Å². The summed E-state index contributed by atoms with van der Waals surface area (Å²) < 4.78 is 0. The first kappa shape index (κ1) is 15.3. The van der Waals surface area contributed by atoms with Gasteiger partial charge in [0.15, 0.2) is 0 Å². The van der Waals surface area contributed by atoms with E-state index in [1.165, 1.54) is 24.9 Å². The van der Waals surface area contributed by atoms with Gasteiger partial charge in [-0.2, -0.15) is 0 Å². The smallest absolute Gasteiger partial charge is 0.128 e. The minimum atomic E-state index is 0.584. The summed E-state index contributed by atoms with van der Waals surface area (Å²) >= 11 is 0. The van der Waals surface area contributed by atoms with Gasteiger partial charge in [0, 0.05) is 31.9 Å². The molecular weight excluding hydrogens is 248 g/mol. The highest BCUT2D eigenvalue weighted by atomic mass is 15.2. The van der Waals surface area contributed by atoms with E-state index in [-0.39, 0.29) is 0 Å². The van der Waals surface area contributed by atoms with E-state index < -0.39 is 0 Å². The van der Waals surface area contributed by atoms with Gasteiger partial charge in [-0.1, -0.05) is 13.0 Å². The number of rotatable bonds is 5. The predicted molar refractivity (Wildman–Crippen MR) is 85.3 cm³/mol. The quantitative estimate of drug-likeness (QED) is 0.891. The van der Waals surface area contributed by atoms with Crippen LogP contribution in [0.25, 0.3) is 0 Å². The lowest BCUT2D eigenvalue weighted by atomic mass is 10.0. The van der Waals surface area contributed by atoms with Crippen LogP contribution in [0.15, 0.2) is 12.1 Å². The first-order chi connectivity index (χ1) is 9.61. The summed E-state index contributed by atoms with van der Waals surface area (Å²) in [6.07, 6.45) is 2.55. The molecule has 0 spiro atoms. The summed E-state index contributed by atoms with van der Waals surface area (Å²) in [6, 6.07) is 4.96. The van der Waals surface area contributed by atoms with Crippen LogP contribution in [0.1, 0.15) is 31.0 Å². The molecular formula is C16H28N4. The average molecular weight is 276 g/mol. The Labute approximate surface area is 123 Å². The molecule has 0 saturated carbocycles. The van der Waals surface area contributed by atoms with Gasteiger partial charge >= 0.3 is 0 Å². The molecule has 4 heteroatoms. The monoisotopic (exact) mass is 276 g/mol. The second-order valence-electron chi connectivity index (χ2n) is 5.86. The molecule has 4 nitrogen and oxygen atoms in total. The number of aryl methyl sites for hydroxylation is 1. The lowest BCUT2D eigenvalue weighted by molar-refractivity contribution is 0.247. The van der Waals surface area contributed by atoms with E-state index in [1.54, 1.807) is 0 Å². The zero-order valence-electron chi connectivity index (χ0n) is 13.3. The molecule has 112 valence electrons. The second kappa shape index (κ2) is 7.04. The van der Waals surface area contributed by atoms with Crippen molar-refractivity contribution in [1.82, 2.24) is 15.2 Å². The lowest BCUT2D eigenvalue weighted by Gasteiger charge is -2.36. The van der Waals surface area contributed by atoms with Crippen molar-refractivity contribution in [3.8, 4) is 0 Å². The van der Waals surface area contributed by atoms with E-state index in [1.807, 2.05) is 0 Å². The summed E-state index contributed by atoms with van der Waals surface area (Å²) in [5, 5.41) is 3.36. The first-order valence-electron chi connectivity index (χ1n) is 7.70. The third kappa shape index (κ3) is 3.70. The summed E-state index contributed by atoms with van der Waals surface area (Å²) in [6.45, 7) is 8.50. The Kier molecular flexibility index (Phi) is 5.38. The van der Waals surface area contributed by atoms with Crippen LogP contribution in [-0.4, -0.2) is 49.7 Å². The molecule has 0 aromatic carbocycles. The molecule has 20 heavy (non-hydrogen) atoms. The van der Waals surface area contributed by atoms with E-state index in [2.05, 4.69) is 55.2 Å². The van der Waals surface area contributed by atoms with Gasteiger partial charge in [0.25, 0.3) is 0 Å². The standard InChI is InChI=1S/C16H28N4/c1-5-17-11-14-8-9-16(18-13(14)2)20(4)15-7-6-10-19(3)12-15/h8-9,15,17H,5-7,10-12H2,1-4H3. The molecule has 1 atom stereocenters. The highest BCUT2D eigenvalue weighted by molar-refractivity contribution is 5.42. The Morgan fingerprint density at radius 1 is 1.45 bits per heavy atom. The van der Waals surface area contributed by atoms with Crippen LogP contribution >= 0.6 is 0 Å². The Morgan fingerprint density at radius 2 is 2.25 bits per heavy atom. The van der Waals surface area contributed by atoms with Crippen molar-refractivity contribution in [3.05, 3.63) is 23.4 Å². The predicted octanol–water partition coefficient (Wildman–Crippen LogP) is 2.03. The highest BCUT2D eigenvalue weighted by Crippen LogP contribution is 2.20. The molecule has 1 aromatic heterocycles. The Morgan fingerprint density at radius 3 is 2.90 bits per heavy atom. The maximum Gasteiger partial charge on any atom is 0.128 e. The van der Waals surface area contributed by atoms with Gasteiger partial charge in [-0.25, -0.2) is 4.98 Å². The van der Waals surface area contributed by atoms with Crippen molar-refractivity contribution in [3.63, 3.8) is 0 Å². The summed E-state index contributed by atoms with van der Waals surface area (Å²) in [7, 11) is 4.38. The van der Waals surface area contributed by atoms with E-state index in [0.29, 0.717) is 6.04 Å². The largest absolute Gasteiger partial charge is 0.355 e. The number of hydrogen-bond donors (Lipinski definition) is 1. The molecule has 0 bridgehead atoms. The summed E-state index contributed by atoms with van der Waals surface area (Å²) in [5.41, 5.74) is 2.43. The molecule has 0 amide bonds. The fourth-order valence-corrected chi connectivity index (χ4v) is 2.86.